The fraction of sp³-hybridized carbons (Fsp3) is 0.545. The predicted molar refractivity (Wildman–Crippen MR) is 122 cm³/mol. The van der Waals surface area contributed by atoms with Crippen LogP contribution >= 0.6 is 24.8 Å². The van der Waals surface area contributed by atoms with Gasteiger partial charge in [0, 0.05) is 36.1 Å². The number of fused-ring (bicyclic) bond motifs is 1. The van der Waals surface area contributed by atoms with Crippen LogP contribution < -0.4 is 10.6 Å². The lowest BCUT2D eigenvalue weighted by Gasteiger charge is -2.37. The van der Waals surface area contributed by atoms with Gasteiger partial charge < -0.3 is 15.4 Å². The molecule has 1 aliphatic heterocycles. The van der Waals surface area contributed by atoms with Crippen molar-refractivity contribution in [2.75, 3.05) is 33.4 Å². The summed E-state index contributed by atoms with van der Waals surface area (Å²) in [6, 6.07) is 8.19. The number of benzene rings is 1. The lowest BCUT2D eigenvalue weighted by molar-refractivity contribution is 0.0512. The van der Waals surface area contributed by atoms with E-state index >= 15 is 0 Å². The van der Waals surface area contributed by atoms with Crippen molar-refractivity contribution in [3.8, 4) is 0 Å². The summed E-state index contributed by atoms with van der Waals surface area (Å²) in [4.78, 5) is 18.0. The molecule has 1 aliphatic carbocycles. The number of carbonyl (C=O) groups excluding carboxylic acids is 1. The Kier molecular flexibility index (Phi) is 8.29. The van der Waals surface area contributed by atoms with Crippen LogP contribution in [-0.4, -0.2) is 44.2 Å². The number of methoxy groups -OCH3 is 1. The molecule has 5 nitrogen and oxygen atoms in total. The second kappa shape index (κ2) is 10.1. The highest BCUT2D eigenvalue weighted by molar-refractivity contribution is 6.06. The Balaban J connectivity index is 0.00000150. The minimum Gasteiger partial charge on any atom is -0.384 e. The molecule has 0 radical (unpaired) electrons. The Morgan fingerprint density at radius 1 is 1.24 bits per heavy atom. The Hall–Kier alpha value is -1.40. The third-order valence-electron chi connectivity index (χ3n) is 5.96. The maximum Gasteiger partial charge on any atom is 0.252 e. The molecule has 160 valence electrons. The van der Waals surface area contributed by atoms with E-state index in [0.717, 1.165) is 53.7 Å². The van der Waals surface area contributed by atoms with Crippen LogP contribution in [0.5, 0.6) is 0 Å². The highest BCUT2D eigenvalue weighted by Crippen LogP contribution is 2.40. The van der Waals surface area contributed by atoms with Crippen LogP contribution in [0.4, 0.5) is 0 Å². The smallest absolute Gasteiger partial charge is 0.252 e. The number of piperidine rings is 1. The van der Waals surface area contributed by atoms with Gasteiger partial charge in [0.25, 0.3) is 5.91 Å². The third kappa shape index (κ3) is 5.40. The highest BCUT2D eigenvalue weighted by atomic mass is 35.5. The SMILES string of the molecule is COCC1(CNC(=O)c2cc(C3CC3)nc3ccc(C)cc23)CCNCC1.Cl.Cl. The van der Waals surface area contributed by atoms with Crippen molar-refractivity contribution in [3.05, 3.63) is 41.1 Å². The number of ether oxygens (including phenoxy) is 1. The van der Waals surface area contributed by atoms with Gasteiger partial charge in [-0.25, -0.2) is 0 Å². The molecule has 1 aromatic carbocycles. The van der Waals surface area contributed by atoms with Crippen LogP contribution in [0, 0.1) is 12.3 Å². The van der Waals surface area contributed by atoms with Gasteiger partial charge in [0.05, 0.1) is 17.7 Å². The van der Waals surface area contributed by atoms with Crippen LogP contribution in [0.25, 0.3) is 10.9 Å². The average molecular weight is 440 g/mol. The van der Waals surface area contributed by atoms with Crippen molar-refractivity contribution in [2.24, 2.45) is 5.41 Å². The van der Waals surface area contributed by atoms with E-state index in [1.165, 1.54) is 12.8 Å². The summed E-state index contributed by atoms with van der Waals surface area (Å²) >= 11 is 0. The molecular weight excluding hydrogens is 409 g/mol. The molecule has 7 heteroatoms. The van der Waals surface area contributed by atoms with E-state index in [0.29, 0.717) is 19.1 Å². The molecule has 0 unspecified atom stereocenters. The van der Waals surface area contributed by atoms with Crippen LogP contribution in [0.1, 0.15) is 53.2 Å². The lowest BCUT2D eigenvalue weighted by atomic mass is 9.79. The maximum absolute atomic E-state index is 13.2. The van der Waals surface area contributed by atoms with Gasteiger partial charge in [0.15, 0.2) is 0 Å². The summed E-state index contributed by atoms with van der Waals surface area (Å²) in [5.41, 5.74) is 3.90. The molecule has 2 aromatic rings. The quantitative estimate of drug-likeness (QED) is 0.713. The number of amides is 1. The summed E-state index contributed by atoms with van der Waals surface area (Å²) in [6.45, 7) is 5.33. The predicted octanol–water partition coefficient (Wildman–Crippen LogP) is 4.01. The minimum atomic E-state index is 0. The van der Waals surface area contributed by atoms with Crippen molar-refractivity contribution >= 4 is 41.6 Å². The molecule has 2 aliphatic rings. The second-order valence-electron chi connectivity index (χ2n) is 8.26. The Morgan fingerprint density at radius 2 is 1.97 bits per heavy atom. The number of nitrogens with one attached hydrogen (secondary N) is 2. The van der Waals surface area contributed by atoms with E-state index in [2.05, 4.69) is 29.7 Å². The Morgan fingerprint density at radius 3 is 2.62 bits per heavy atom. The lowest BCUT2D eigenvalue weighted by Crippen LogP contribution is -2.47. The number of halogens is 2. The molecule has 1 saturated heterocycles. The van der Waals surface area contributed by atoms with Gasteiger partial charge >= 0.3 is 0 Å². The zero-order chi connectivity index (χ0) is 18.9. The summed E-state index contributed by atoms with van der Waals surface area (Å²) in [7, 11) is 1.74. The summed E-state index contributed by atoms with van der Waals surface area (Å²) in [5, 5.41) is 7.56. The van der Waals surface area contributed by atoms with Gasteiger partial charge in [-0.05, 0) is 63.9 Å². The third-order valence-corrected chi connectivity index (χ3v) is 5.96. The average Bonchev–Trinajstić information content (AvgIpc) is 3.52. The molecule has 2 N–H and O–H groups in total. The number of aromatic nitrogens is 1. The molecule has 0 atom stereocenters. The topological polar surface area (TPSA) is 63.2 Å². The molecule has 29 heavy (non-hydrogen) atoms. The van der Waals surface area contributed by atoms with Crippen molar-refractivity contribution in [2.45, 2.75) is 38.5 Å². The van der Waals surface area contributed by atoms with Crippen LogP contribution in [-0.2, 0) is 4.74 Å². The summed E-state index contributed by atoms with van der Waals surface area (Å²) in [5.74, 6) is 0.524. The number of hydrogen-bond donors (Lipinski definition) is 2. The number of hydrogen-bond acceptors (Lipinski definition) is 4. The van der Waals surface area contributed by atoms with Gasteiger partial charge in [0.2, 0.25) is 0 Å². The Bertz CT molecular complexity index is 844. The van der Waals surface area contributed by atoms with Gasteiger partial charge in [-0.3, -0.25) is 9.78 Å². The van der Waals surface area contributed by atoms with E-state index in [4.69, 9.17) is 9.72 Å². The molecule has 2 fully saturated rings. The largest absolute Gasteiger partial charge is 0.384 e. The first-order chi connectivity index (χ1) is 13.1. The van der Waals surface area contributed by atoms with E-state index in [-0.39, 0.29) is 36.1 Å². The normalized spacial score (nSPS) is 17.9. The number of carbonyl (C=O) groups is 1. The van der Waals surface area contributed by atoms with Gasteiger partial charge in [0.1, 0.15) is 0 Å². The van der Waals surface area contributed by atoms with Crippen molar-refractivity contribution in [3.63, 3.8) is 0 Å². The molecule has 1 amide bonds. The first-order valence-corrected chi connectivity index (χ1v) is 9.99. The van der Waals surface area contributed by atoms with Gasteiger partial charge in [-0.1, -0.05) is 11.6 Å². The molecule has 2 heterocycles. The Labute approximate surface area is 185 Å². The zero-order valence-electron chi connectivity index (χ0n) is 17.1. The van der Waals surface area contributed by atoms with Gasteiger partial charge in [-0.2, -0.15) is 0 Å². The van der Waals surface area contributed by atoms with Crippen molar-refractivity contribution < 1.29 is 9.53 Å². The zero-order valence-corrected chi connectivity index (χ0v) is 18.8. The molecule has 0 bridgehead atoms. The highest BCUT2D eigenvalue weighted by Gasteiger charge is 2.33. The van der Waals surface area contributed by atoms with Crippen LogP contribution in [0.2, 0.25) is 0 Å². The minimum absolute atomic E-state index is 0. The van der Waals surface area contributed by atoms with Gasteiger partial charge in [-0.15, -0.1) is 24.8 Å². The fourth-order valence-electron chi connectivity index (χ4n) is 4.13. The molecule has 1 aromatic heterocycles. The van der Waals surface area contributed by atoms with E-state index in [1.807, 2.05) is 12.1 Å². The molecular formula is C22H31Cl2N3O2. The first kappa shape index (κ1) is 23.9. The molecule has 1 saturated carbocycles. The standard InChI is InChI=1S/C22H29N3O2.2ClH/c1-15-3-6-19-17(11-15)18(12-20(25-19)16-4-5-16)21(26)24-13-22(14-27-2)7-9-23-10-8-22;;/h3,6,11-12,16,23H,4-5,7-10,13-14H2,1-2H3,(H,24,26);2*1H. The summed E-state index contributed by atoms with van der Waals surface area (Å²) in [6.07, 6.45) is 4.39. The molecule has 0 spiro atoms. The molecule has 4 rings (SSSR count). The second-order valence-corrected chi connectivity index (χ2v) is 8.26. The van der Waals surface area contributed by atoms with E-state index in [9.17, 15) is 4.79 Å². The number of pyridine rings is 1. The van der Waals surface area contributed by atoms with E-state index < -0.39 is 0 Å². The van der Waals surface area contributed by atoms with Crippen LogP contribution in [0.3, 0.4) is 0 Å². The van der Waals surface area contributed by atoms with E-state index in [1.54, 1.807) is 7.11 Å². The number of aryl methyl sites for hydroxylation is 1. The van der Waals surface area contributed by atoms with Crippen molar-refractivity contribution in [1.29, 1.82) is 0 Å². The number of rotatable bonds is 6. The maximum atomic E-state index is 13.2. The summed E-state index contributed by atoms with van der Waals surface area (Å²) < 4.78 is 5.48. The monoisotopic (exact) mass is 439 g/mol. The van der Waals surface area contributed by atoms with Crippen molar-refractivity contribution in [1.82, 2.24) is 15.6 Å². The first-order valence-electron chi connectivity index (χ1n) is 9.99. The number of nitrogens with zero attached hydrogens (tertiary/aromatic N) is 1. The fourth-order valence-corrected chi connectivity index (χ4v) is 4.13. The van der Waals surface area contributed by atoms with Crippen LogP contribution in [0.15, 0.2) is 24.3 Å².